The number of carbonyl (C=O) groups excluding carboxylic acids is 2. The quantitative estimate of drug-likeness (QED) is 0.756. The van der Waals surface area contributed by atoms with E-state index in [0.29, 0.717) is 37.0 Å². The summed E-state index contributed by atoms with van der Waals surface area (Å²) in [7, 11) is 0. The van der Waals surface area contributed by atoms with Gasteiger partial charge in [0.1, 0.15) is 5.82 Å². The van der Waals surface area contributed by atoms with Gasteiger partial charge in [0.05, 0.1) is 17.0 Å². The highest BCUT2D eigenvalue weighted by molar-refractivity contribution is 6.01. The first kappa shape index (κ1) is 20.9. The lowest BCUT2D eigenvalue weighted by Gasteiger charge is -2.50. The molecule has 2 aromatic rings. The summed E-state index contributed by atoms with van der Waals surface area (Å²) in [5.74, 6) is -1.69. The Morgan fingerprint density at radius 1 is 1.33 bits per heavy atom. The fourth-order valence-corrected chi connectivity index (χ4v) is 4.90. The second-order valence-electron chi connectivity index (χ2n) is 9.13. The Bertz CT molecular complexity index is 1020. The van der Waals surface area contributed by atoms with Gasteiger partial charge in [-0.05, 0) is 37.1 Å². The summed E-state index contributed by atoms with van der Waals surface area (Å²) in [5.41, 5.74) is -0.514. The highest BCUT2D eigenvalue weighted by Gasteiger charge is 2.50. The molecule has 2 aliphatic heterocycles. The van der Waals surface area contributed by atoms with E-state index in [4.69, 9.17) is 0 Å². The zero-order chi connectivity index (χ0) is 21.7. The molecular weight excluding hydrogens is 385 g/mol. The predicted molar refractivity (Wildman–Crippen MR) is 111 cm³/mol. The van der Waals surface area contributed by atoms with Gasteiger partial charge in [-0.25, -0.2) is 4.39 Å². The molecule has 1 aromatic heterocycles. The number of hydrogen-bond acceptors (Lipinski definition) is 5. The number of halogens is 1. The molecule has 1 aromatic carbocycles. The van der Waals surface area contributed by atoms with Crippen LogP contribution in [0.2, 0.25) is 0 Å². The molecule has 2 fully saturated rings. The molecule has 0 radical (unpaired) electrons. The van der Waals surface area contributed by atoms with Gasteiger partial charge in [0.2, 0.25) is 11.8 Å². The molecule has 0 bridgehead atoms. The van der Waals surface area contributed by atoms with Gasteiger partial charge in [-0.2, -0.15) is 0 Å². The fraction of sp³-hybridized carbons (Fsp3) is 0.522. The van der Waals surface area contributed by atoms with Crippen LogP contribution in [0.15, 0.2) is 24.4 Å². The van der Waals surface area contributed by atoms with Gasteiger partial charge < -0.3 is 10.0 Å². The van der Waals surface area contributed by atoms with E-state index in [1.807, 2.05) is 13.8 Å². The van der Waals surface area contributed by atoms with Gasteiger partial charge in [0.25, 0.3) is 0 Å². The number of benzene rings is 1. The molecule has 3 heterocycles. The Morgan fingerprint density at radius 2 is 2.10 bits per heavy atom. The highest BCUT2D eigenvalue weighted by Crippen LogP contribution is 2.47. The van der Waals surface area contributed by atoms with Gasteiger partial charge in [-0.3, -0.25) is 19.9 Å². The molecule has 7 heteroatoms. The molecule has 2 aliphatic rings. The van der Waals surface area contributed by atoms with Crippen molar-refractivity contribution in [1.29, 1.82) is 0 Å². The van der Waals surface area contributed by atoms with Crippen molar-refractivity contribution in [2.24, 2.45) is 5.41 Å². The first-order chi connectivity index (χ1) is 14.2. The molecule has 2 N–H and O–H groups in total. The average molecular weight is 413 g/mol. The molecule has 2 amide bonds. The number of nitrogens with one attached hydrogen (secondary N) is 1. The monoisotopic (exact) mass is 413 g/mol. The summed E-state index contributed by atoms with van der Waals surface area (Å²) in [6.07, 6.45) is 2.64. The van der Waals surface area contributed by atoms with E-state index in [1.54, 1.807) is 24.4 Å². The summed E-state index contributed by atoms with van der Waals surface area (Å²) in [6.45, 7) is 8.28. The maximum absolute atomic E-state index is 15.8. The van der Waals surface area contributed by atoms with Crippen LogP contribution < -0.4 is 5.32 Å². The SMILES string of the molecule is CCN1CCC(O)(c2ccc3ncc(C4CCC(=O)NC4=O)cc3c2F)C(C)(C)C1. The van der Waals surface area contributed by atoms with Crippen molar-refractivity contribution >= 4 is 22.7 Å². The van der Waals surface area contributed by atoms with Crippen LogP contribution in [0.3, 0.4) is 0 Å². The van der Waals surface area contributed by atoms with Crippen LogP contribution in [0.25, 0.3) is 10.9 Å². The van der Waals surface area contributed by atoms with Crippen molar-refractivity contribution in [2.45, 2.75) is 51.6 Å². The van der Waals surface area contributed by atoms with Crippen LogP contribution in [-0.2, 0) is 15.2 Å². The van der Waals surface area contributed by atoms with Gasteiger partial charge in [0.15, 0.2) is 0 Å². The molecule has 30 heavy (non-hydrogen) atoms. The standard InChI is InChI=1S/C23H28FN3O3/c1-4-27-10-9-23(30,22(2,3)13-27)17-6-7-18-16(20(17)24)11-14(12-25-18)15-5-8-19(28)26-21(15)29/h6-7,11-12,15,30H,4-5,8-10,13H2,1-3H3,(H,26,28,29). The first-order valence-electron chi connectivity index (χ1n) is 10.5. The minimum atomic E-state index is -1.30. The van der Waals surface area contributed by atoms with Crippen molar-refractivity contribution in [3.05, 3.63) is 41.3 Å². The van der Waals surface area contributed by atoms with E-state index >= 15 is 4.39 Å². The zero-order valence-corrected chi connectivity index (χ0v) is 17.7. The third-order valence-corrected chi connectivity index (χ3v) is 6.88. The number of pyridine rings is 1. The third kappa shape index (κ3) is 3.30. The average Bonchev–Trinajstić information content (AvgIpc) is 2.70. The molecule has 2 unspecified atom stereocenters. The van der Waals surface area contributed by atoms with Gasteiger partial charge in [-0.15, -0.1) is 0 Å². The van der Waals surface area contributed by atoms with E-state index in [9.17, 15) is 14.7 Å². The number of hydrogen-bond donors (Lipinski definition) is 2. The number of piperidine rings is 2. The molecule has 6 nitrogen and oxygen atoms in total. The van der Waals surface area contributed by atoms with Crippen molar-refractivity contribution in [3.63, 3.8) is 0 Å². The maximum Gasteiger partial charge on any atom is 0.234 e. The number of likely N-dealkylation sites (tertiary alicyclic amines) is 1. The number of carbonyl (C=O) groups is 2. The highest BCUT2D eigenvalue weighted by atomic mass is 19.1. The van der Waals surface area contributed by atoms with Crippen LogP contribution in [0.4, 0.5) is 4.39 Å². The van der Waals surface area contributed by atoms with Gasteiger partial charge in [0, 0.05) is 42.1 Å². The zero-order valence-electron chi connectivity index (χ0n) is 17.7. The summed E-state index contributed by atoms with van der Waals surface area (Å²) < 4.78 is 15.8. The van der Waals surface area contributed by atoms with E-state index in [-0.39, 0.29) is 29.2 Å². The lowest BCUT2D eigenvalue weighted by molar-refractivity contribution is -0.134. The molecule has 4 rings (SSSR count). The molecule has 2 saturated heterocycles. The third-order valence-electron chi connectivity index (χ3n) is 6.88. The summed E-state index contributed by atoms with van der Waals surface area (Å²) in [6, 6.07) is 5.00. The van der Waals surface area contributed by atoms with Crippen LogP contribution in [-0.4, -0.2) is 46.4 Å². The van der Waals surface area contributed by atoms with E-state index < -0.39 is 22.8 Å². The van der Waals surface area contributed by atoms with Crippen LogP contribution in [0.5, 0.6) is 0 Å². The number of imide groups is 1. The topological polar surface area (TPSA) is 82.5 Å². The van der Waals surface area contributed by atoms with Crippen LogP contribution >= 0.6 is 0 Å². The first-order valence-corrected chi connectivity index (χ1v) is 10.5. The molecule has 0 aliphatic carbocycles. The largest absolute Gasteiger partial charge is 0.384 e. The normalized spacial score (nSPS) is 27.3. The summed E-state index contributed by atoms with van der Waals surface area (Å²) >= 11 is 0. The Kier molecular flexibility index (Phi) is 5.14. The Hall–Kier alpha value is -2.38. The molecule has 0 saturated carbocycles. The van der Waals surface area contributed by atoms with Crippen molar-refractivity contribution in [2.75, 3.05) is 19.6 Å². The van der Waals surface area contributed by atoms with E-state index in [2.05, 4.69) is 22.1 Å². The summed E-state index contributed by atoms with van der Waals surface area (Å²) in [5, 5.41) is 14.2. The van der Waals surface area contributed by atoms with Crippen molar-refractivity contribution in [1.82, 2.24) is 15.2 Å². The van der Waals surface area contributed by atoms with E-state index in [0.717, 1.165) is 6.54 Å². The number of aromatic nitrogens is 1. The molecule has 160 valence electrons. The number of aliphatic hydroxyl groups is 1. The van der Waals surface area contributed by atoms with E-state index in [1.165, 1.54) is 0 Å². The minimum Gasteiger partial charge on any atom is -0.384 e. The van der Waals surface area contributed by atoms with Crippen molar-refractivity contribution in [3.8, 4) is 0 Å². The lowest BCUT2D eigenvalue weighted by Crippen LogP contribution is -2.55. The Morgan fingerprint density at radius 3 is 2.77 bits per heavy atom. The number of fused-ring (bicyclic) bond motifs is 1. The minimum absolute atomic E-state index is 0.249. The summed E-state index contributed by atoms with van der Waals surface area (Å²) in [4.78, 5) is 30.3. The number of amides is 2. The molecule has 0 spiro atoms. The van der Waals surface area contributed by atoms with Crippen molar-refractivity contribution < 1.29 is 19.1 Å². The second-order valence-corrected chi connectivity index (χ2v) is 9.13. The van der Waals surface area contributed by atoms with Crippen LogP contribution in [0.1, 0.15) is 57.1 Å². The lowest BCUT2D eigenvalue weighted by atomic mass is 9.66. The Labute approximate surface area is 175 Å². The maximum atomic E-state index is 15.8. The van der Waals surface area contributed by atoms with Crippen LogP contribution in [0, 0.1) is 11.2 Å². The molecular formula is C23H28FN3O3. The fourth-order valence-electron chi connectivity index (χ4n) is 4.90. The number of nitrogens with zero attached hydrogens (tertiary/aromatic N) is 2. The predicted octanol–water partition coefficient (Wildman–Crippen LogP) is 2.83. The van der Waals surface area contributed by atoms with Gasteiger partial charge in [-0.1, -0.05) is 26.8 Å². The second kappa shape index (κ2) is 7.39. The number of rotatable bonds is 3. The molecule has 2 atom stereocenters. The smallest absolute Gasteiger partial charge is 0.234 e. The Balaban J connectivity index is 1.77. The van der Waals surface area contributed by atoms with Gasteiger partial charge >= 0.3 is 0 Å².